The van der Waals surface area contributed by atoms with Gasteiger partial charge in [-0.15, -0.1) is 0 Å². The number of pyridine rings is 1. The molecule has 0 unspecified atom stereocenters. The Balaban J connectivity index is 2.25. The summed E-state index contributed by atoms with van der Waals surface area (Å²) < 4.78 is 0. The summed E-state index contributed by atoms with van der Waals surface area (Å²) in [4.78, 5) is 16.2. The summed E-state index contributed by atoms with van der Waals surface area (Å²) in [6.07, 6.45) is 3.30. The monoisotopic (exact) mass is 297 g/mol. The topological polar surface area (TPSA) is 54.0 Å². The van der Waals surface area contributed by atoms with E-state index in [4.69, 9.17) is 0 Å². The van der Waals surface area contributed by atoms with E-state index < -0.39 is 0 Å². The summed E-state index contributed by atoms with van der Waals surface area (Å²) in [6, 6.07) is 9.48. The van der Waals surface area contributed by atoms with E-state index in [9.17, 15) is 4.79 Å². The number of nitrogens with zero attached hydrogens (tertiary/aromatic N) is 1. The minimum absolute atomic E-state index is 0.235. The van der Waals surface area contributed by atoms with Crippen LogP contribution in [0.3, 0.4) is 0 Å². The number of hydrogen-bond acceptors (Lipinski definition) is 2. The van der Waals surface area contributed by atoms with Gasteiger partial charge < -0.3 is 10.6 Å². The van der Waals surface area contributed by atoms with E-state index in [-0.39, 0.29) is 6.03 Å². The molecule has 0 atom stereocenters. The molecule has 0 aliphatic rings. The van der Waals surface area contributed by atoms with Crippen LogP contribution in [0.25, 0.3) is 0 Å². The van der Waals surface area contributed by atoms with Crippen molar-refractivity contribution in [2.24, 2.45) is 0 Å². The molecule has 0 fully saturated rings. The van der Waals surface area contributed by atoms with Crippen LogP contribution in [-0.2, 0) is 0 Å². The molecule has 22 heavy (non-hydrogen) atoms. The number of para-hydroxylation sites is 1. The summed E-state index contributed by atoms with van der Waals surface area (Å²) in [5.41, 5.74) is 3.94. The molecule has 0 aliphatic carbocycles. The van der Waals surface area contributed by atoms with Crippen molar-refractivity contribution >= 4 is 17.4 Å². The van der Waals surface area contributed by atoms with Gasteiger partial charge in [0.05, 0.1) is 0 Å². The Morgan fingerprint density at radius 2 is 1.45 bits per heavy atom. The largest absolute Gasteiger partial charge is 0.323 e. The molecule has 0 saturated carbocycles. The number of urea groups is 1. The van der Waals surface area contributed by atoms with Crippen molar-refractivity contribution < 1.29 is 4.79 Å². The molecule has 4 heteroatoms. The lowest BCUT2D eigenvalue weighted by Crippen LogP contribution is -2.21. The predicted molar refractivity (Wildman–Crippen MR) is 91.5 cm³/mol. The number of benzene rings is 1. The lowest BCUT2D eigenvalue weighted by atomic mass is 9.93. The van der Waals surface area contributed by atoms with Crippen LogP contribution in [0.4, 0.5) is 16.2 Å². The molecule has 0 spiro atoms. The van der Waals surface area contributed by atoms with E-state index in [1.165, 1.54) is 0 Å². The third kappa shape index (κ3) is 3.85. The number of amides is 2. The molecule has 1 heterocycles. The molecule has 0 aliphatic heterocycles. The Labute approximate surface area is 132 Å². The summed E-state index contributed by atoms with van der Waals surface area (Å²) >= 11 is 0. The number of carbonyl (C=O) groups is 1. The van der Waals surface area contributed by atoms with Crippen molar-refractivity contribution in [3.05, 3.63) is 53.9 Å². The molecule has 2 amide bonds. The first-order valence-corrected chi connectivity index (χ1v) is 7.60. The standard InChI is InChI=1S/C18H23N3O/c1-12(2)15-6-5-7-16(13(3)4)17(15)21-18(22)20-14-8-10-19-11-9-14/h5-13H,1-4H3,(H2,19,20,21,22). The first-order valence-electron chi connectivity index (χ1n) is 7.60. The van der Waals surface area contributed by atoms with Crippen LogP contribution in [0, 0.1) is 0 Å². The van der Waals surface area contributed by atoms with Crippen LogP contribution < -0.4 is 10.6 Å². The van der Waals surface area contributed by atoms with Crippen molar-refractivity contribution in [3.63, 3.8) is 0 Å². The average molecular weight is 297 g/mol. The fourth-order valence-electron chi connectivity index (χ4n) is 2.41. The van der Waals surface area contributed by atoms with Gasteiger partial charge in [-0.1, -0.05) is 45.9 Å². The fraction of sp³-hybridized carbons (Fsp3) is 0.333. The second kappa shape index (κ2) is 7.07. The molecule has 2 rings (SSSR count). The SMILES string of the molecule is CC(C)c1cccc(C(C)C)c1NC(=O)Nc1ccncc1. The predicted octanol–water partition coefficient (Wildman–Crippen LogP) is 4.97. The highest BCUT2D eigenvalue weighted by Crippen LogP contribution is 2.32. The van der Waals surface area contributed by atoms with Gasteiger partial charge in [-0.25, -0.2) is 4.79 Å². The normalized spacial score (nSPS) is 10.8. The molecule has 0 bridgehead atoms. The Morgan fingerprint density at radius 1 is 0.909 bits per heavy atom. The van der Waals surface area contributed by atoms with Gasteiger partial charge in [0.2, 0.25) is 0 Å². The van der Waals surface area contributed by atoms with Crippen molar-refractivity contribution in [1.82, 2.24) is 4.98 Å². The summed E-state index contributed by atoms with van der Waals surface area (Å²) in [5.74, 6) is 0.685. The Morgan fingerprint density at radius 3 is 1.95 bits per heavy atom. The number of aromatic nitrogens is 1. The summed E-state index contributed by atoms with van der Waals surface area (Å²) in [6.45, 7) is 8.52. The Kier molecular flexibility index (Phi) is 5.15. The second-order valence-corrected chi connectivity index (χ2v) is 5.94. The van der Waals surface area contributed by atoms with E-state index in [1.807, 2.05) is 0 Å². The number of anilines is 2. The van der Waals surface area contributed by atoms with E-state index in [2.05, 4.69) is 61.5 Å². The van der Waals surface area contributed by atoms with Gasteiger partial charge in [0.25, 0.3) is 0 Å². The van der Waals surface area contributed by atoms with Gasteiger partial charge in [0, 0.05) is 23.8 Å². The Bertz CT molecular complexity index is 610. The average Bonchev–Trinajstić information content (AvgIpc) is 2.47. The van der Waals surface area contributed by atoms with Gasteiger partial charge in [-0.2, -0.15) is 0 Å². The van der Waals surface area contributed by atoms with Crippen LogP contribution in [0.15, 0.2) is 42.7 Å². The van der Waals surface area contributed by atoms with Crippen molar-refractivity contribution in [2.75, 3.05) is 10.6 Å². The smallest absolute Gasteiger partial charge is 0.308 e. The zero-order valence-corrected chi connectivity index (χ0v) is 13.6. The number of carbonyl (C=O) groups excluding carboxylic acids is 1. The number of hydrogen-bond donors (Lipinski definition) is 2. The second-order valence-electron chi connectivity index (χ2n) is 5.94. The van der Waals surface area contributed by atoms with Crippen molar-refractivity contribution in [1.29, 1.82) is 0 Å². The van der Waals surface area contributed by atoms with E-state index in [0.29, 0.717) is 11.8 Å². The van der Waals surface area contributed by atoms with E-state index in [0.717, 1.165) is 22.5 Å². The van der Waals surface area contributed by atoms with Gasteiger partial charge in [0.15, 0.2) is 0 Å². The number of nitrogens with one attached hydrogen (secondary N) is 2. The first kappa shape index (κ1) is 16.0. The van der Waals surface area contributed by atoms with Crippen molar-refractivity contribution in [3.8, 4) is 0 Å². The molecule has 2 aromatic rings. The minimum atomic E-state index is -0.235. The highest BCUT2D eigenvalue weighted by molar-refractivity contribution is 6.00. The van der Waals surface area contributed by atoms with Gasteiger partial charge in [-0.3, -0.25) is 4.98 Å². The molecular formula is C18H23N3O. The van der Waals surface area contributed by atoms with Crippen molar-refractivity contribution in [2.45, 2.75) is 39.5 Å². The summed E-state index contributed by atoms with van der Waals surface area (Å²) in [7, 11) is 0. The molecule has 1 aromatic carbocycles. The first-order chi connectivity index (χ1) is 10.5. The molecule has 0 radical (unpaired) electrons. The maximum absolute atomic E-state index is 12.3. The zero-order valence-electron chi connectivity index (χ0n) is 13.6. The van der Waals surface area contributed by atoms with Crippen LogP contribution >= 0.6 is 0 Å². The molecule has 2 N–H and O–H groups in total. The molecule has 116 valence electrons. The maximum Gasteiger partial charge on any atom is 0.323 e. The quantitative estimate of drug-likeness (QED) is 0.837. The highest BCUT2D eigenvalue weighted by atomic mass is 16.2. The van der Waals surface area contributed by atoms with Crippen LogP contribution in [0.5, 0.6) is 0 Å². The lowest BCUT2D eigenvalue weighted by Gasteiger charge is -2.20. The fourth-order valence-corrected chi connectivity index (χ4v) is 2.41. The maximum atomic E-state index is 12.3. The third-order valence-corrected chi connectivity index (χ3v) is 3.55. The summed E-state index contributed by atoms with van der Waals surface area (Å²) in [5, 5.41) is 5.85. The molecule has 0 saturated heterocycles. The minimum Gasteiger partial charge on any atom is -0.308 e. The van der Waals surface area contributed by atoms with Crippen LogP contribution in [-0.4, -0.2) is 11.0 Å². The van der Waals surface area contributed by atoms with E-state index >= 15 is 0 Å². The lowest BCUT2D eigenvalue weighted by molar-refractivity contribution is 0.262. The molecule has 1 aromatic heterocycles. The van der Waals surface area contributed by atoms with Gasteiger partial charge in [-0.05, 0) is 35.1 Å². The van der Waals surface area contributed by atoms with Crippen LogP contribution in [0.1, 0.15) is 50.7 Å². The Hall–Kier alpha value is -2.36. The van der Waals surface area contributed by atoms with E-state index in [1.54, 1.807) is 24.5 Å². The third-order valence-electron chi connectivity index (χ3n) is 3.55. The van der Waals surface area contributed by atoms with Crippen LogP contribution in [0.2, 0.25) is 0 Å². The van der Waals surface area contributed by atoms with Gasteiger partial charge in [0.1, 0.15) is 0 Å². The highest BCUT2D eigenvalue weighted by Gasteiger charge is 2.15. The zero-order chi connectivity index (χ0) is 16.1. The van der Waals surface area contributed by atoms with Gasteiger partial charge >= 0.3 is 6.03 Å². The number of rotatable bonds is 4. The molecule has 4 nitrogen and oxygen atoms in total. The molecular weight excluding hydrogens is 274 g/mol.